The first kappa shape index (κ1) is 25.7. The molecule has 0 spiro atoms. The van der Waals surface area contributed by atoms with Crippen molar-refractivity contribution in [2.24, 2.45) is 5.14 Å². The summed E-state index contributed by atoms with van der Waals surface area (Å²) in [6, 6.07) is 12.3. The van der Waals surface area contributed by atoms with Crippen LogP contribution in [-0.4, -0.2) is 20.9 Å². The van der Waals surface area contributed by atoms with Gasteiger partial charge in [-0.15, -0.1) is 0 Å². The Balaban J connectivity index is 1.73. The fourth-order valence-corrected chi connectivity index (χ4v) is 4.21. The number of hydrogen-bond acceptors (Lipinski definition) is 6. The van der Waals surface area contributed by atoms with Crippen LogP contribution in [0, 0.1) is 17.1 Å². The van der Waals surface area contributed by atoms with E-state index in [9.17, 15) is 17.6 Å². The highest BCUT2D eigenvalue weighted by atomic mass is 79.9. The number of rotatable bonds is 7. The third kappa shape index (κ3) is 6.37. The summed E-state index contributed by atoms with van der Waals surface area (Å²) in [4.78, 5) is 12.1. The zero-order valence-corrected chi connectivity index (χ0v) is 20.7. The molecular formula is C21H13BrCl2FN3O5S. The molecule has 8 nitrogen and oxygen atoms in total. The van der Waals surface area contributed by atoms with Gasteiger partial charge in [0.05, 0.1) is 27.2 Å². The molecule has 176 valence electrons. The van der Waals surface area contributed by atoms with Crippen LogP contribution in [0.5, 0.6) is 17.2 Å². The number of sulfonamides is 1. The standard InChI is InChI=1S/C21H13BrCl2FN3O5S/c22-15-8-14(34(27,30)31)1-3-17(15)28-19(29)10-32-18-4-2-16(24)21(20(18)25)33-13-6-11(9-26)5-12(23)7-13/h1-8H,10H2,(H,28,29)(H2,27,30,31). The Morgan fingerprint density at radius 3 is 2.56 bits per heavy atom. The number of nitrogens with zero attached hydrogens (tertiary/aromatic N) is 1. The number of ether oxygens (including phenoxy) is 2. The summed E-state index contributed by atoms with van der Waals surface area (Å²) in [5.41, 5.74) is 0.446. The van der Waals surface area contributed by atoms with E-state index in [0.29, 0.717) is 0 Å². The molecule has 3 rings (SSSR count). The number of anilines is 1. The van der Waals surface area contributed by atoms with Crippen LogP contribution in [0.4, 0.5) is 10.1 Å². The minimum absolute atomic E-state index is 0.0764. The highest BCUT2D eigenvalue weighted by Gasteiger charge is 2.18. The number of carbonyl (C=O) groups is 1. The molecule has 0 aliphatic heterocycles. The van der Waals surface area contributed by atoms with Gasteiger partial charge in [-0.3, -0.25) is 4.79 Å². The first-order valence-corrected chi connectivity index (χ1v) is 12.2. The topological polar surface area (TPSA) is 132 Å². The third-order valence-electron chi connectivity index (χ3n) is 4.14. The first-order chi connectivity index (χ1) is 16.0. The quantitative estimate of drug-likeness (QED) is 0.389. The molecule has 0 aliphatic rings. The summed E-state index contributed by atoms with van der Waals surface area (Å²) >= 11 is 15.1. The SMILES string of the molecule is N#Cc1cc(Cl)cc(Oc2c(Cl)ccc(OCC(=O)Nc3ccc(S(N)(=O)=O)cc3Br)c2F)c1. The Morgan fingerprint density at radius 1 is 1.18 bits per heavy atom. The van der Waals surface area contributed by atoms with Crippen LogP contribution < -0.4 is 19.9 Å². The van der Waals surface area contributed by atoms with Gasteiger partial charge in [-0.1, -0.05) is 23.2 Å². The molecule has 0 saturated heterocycles. The summed E-state index contributed by atoms with van der Waals surface area (Å²) in [5.74, 6) is -2.26. The second-order valence-corrected chi connectivity index (χ2v) is 9.86. The third-order valence-corrected chi connectivity index (χ3v) is 6.22. The molecule has 13 heteroatoms. The van der Waals surface area contributed by atoms with Crippen LogP contribution in [0.3, 0.4) is 0 Å². The van der Waals surface area contributed by atoms with Crippen molar-refractivity contribution in [1.82, 2.24) is 0 Å². The van der Waals surface area contributed by atoms with Crippen LogP contribution in [0.15, 0.2) is 57.9 Å². The van der Waals surface area contributed by atoms with Crippen LogP contribution in [0.2, 0.25) is 10.0 Å². The van der Waals surface area contributed by atoms with Crippen LogP contribution in [0.25, 0.3) is 0 Å². The molecule has 0 aliphatic carbocycles. The zero-order chi connectivity index (χ0) is 25.0. The lowest BCUT2D eigenvalue weighted by Gasteiger charge is -2.13. The predicted octanol–water partition coefficient (Wildman–Crippen LogP) is 5.22. The van der Waals surface area contributed by atoms with Gasteiger partial charge in [0.15, 0.2) is 18.1 Å². The lowest BCUT2D eigenvalue weighted by molar-refractivity contribution is -0.118. The van der Waals surface area contributed by atoms with Gasteiger partial charge in [-0.25, -0.2) is 13.6 Å². The van der Waals surface area contributed by atoms with Gasteiger partial charge in [0, 0.05) is 9.50 Å². The van der Waals surface area contributed by atoms with E-state index in [1.807, 2.05) is 6.07 Å². The second kappa shape index (κ2) is 10.6. The number of primary sulfonamides is 1. The van der Waals surface area contributed by atoms with Gasteiger partial charge < -0.3 is 14.8 Å². The van der Waals surface area contributed by atoms with Crippen molar-refractivity contribution >= 4 is 60.7 Å². The number of hydrogen-bond donors (Lipinski definition) is 2. The van der Waals surface area contributed by atoms with Crippen molar-refractivity contribution in [2.75, 3.05) is 11.9 Å². The first-order valence-electron chi connectivity index (χ1n) is 9.09. The lowest BCUT2D eigenvalue weighted by Crippen LogP contribution is -2.21. The maximum atomic E-state index is 15.0. The van der Waals surface area contributed by atoms with Crippen molar-refractivity contribution in [3.63, 3.8) is 0 Å². The summed E-state index contributed by atoms with van der Waals surface area (Å²) in [7, 11) is -3.91. The molecule has 0 saturated carbocycles. The molecule has 3 aromatic carbocycles. The van der Waals surface area contributed by atoms with Crippen molar-refractivity contribution in [3.8, 4) is 23.3 Å². The molecule has 0 fully saturated rings. The fraction of sp³-hybridized carbons (Fsp3) is 0.0476. The van der Waals surface area contributed by atoms with Crippen molar-refractivity contribution in [3.05, 3.63) is 74.4 Å². The number of halogens is 4. The van der Waals surface area contributed by atoms with Crippen LogP contribution in [-0.2, 0) is 14.8 Å². The highest BCUT2D eigenvalue weighted by Crippen LogP contribution is 2.38. The Bertz CT molecular complexity index is 1430. The smallest absolute Gasteiger partial charge is 0.262 e. The zero-order valence-electron chi connectivity index (χ0n) is 16.8. The van der Waals surface area contributed by atoms with Crippen molar-refractivity contribution in [2.45, 2.75) is 4.90 Å². The molecule has 34 heavy (non-hydrogen) atoms. The Hall–Kier alpha value is -2.88. The summed E-state index contributed by atoms with van der Waals surface area (Å²) in [6.07, 6.45) is 0. The van der Waals surface area contributed by atoms with Crippen molar-refractivity contribution in [1.29, 1.82) is 5.26 Å². The Labute approximate surface area is 212 Å². The number of carbonyl (C=O) groups excluding carboxylic acids is 1. The van der Waals surface area contributed by atoms with E-state index in [2.05, 4.69) is 21.2 Å². The molecule has 3 N–H and O–H groups in total. The normalized spacial score (nSPS) is 10.9. The van der Waals surface area contributed by atoms with Crippen molar-refractivity contribution < 1.29 is 27.1 Å². The van der Waals surface area contributed by atoms with Gasteiger partial charge in [-0.2, -0.15) is 9.65 Å². The van der Waals surface area contributed by atoms with E-state index in [0.717, 1.165) is 0 Å². The maximum Gasteiger partial charge on any atom is 0.262 e. The van der Waals surface area contributed by atoms with E-state index < -0.39 is 28.4 Å². The number of nitrogens with one attached hydrogen (secondary N) is 1. The lowest BCUT2D eigenvalue weighted by atomic mass is 10.2. The number of nitrogens with two attached hydrogens (primary N) is 1. The molecule has 0 aromatic heterocycles. The number of benzene rings is 3. The van der Waals surface area contributed by atoms with Gasteiger partial charge in [0.25, 0.3) is 5.91 Å². The molecule has 0 radical (unpaired) electrons. The minimum atomic E-state index is -3.91. The molecule has 3 aromatic rings. The van der Waals surface area contributed by atoms with E-state index >= 15 is 0 Å². The summed E-state index contributed by atoms with van der Waals surface area (Å²) in [6.45, 7) is -0.586. The molecular weight excluding hydrogens is 576 g/mol. The van der Waals surface area contributed by atoms with E-state index in [1.165, 1.54) is 48.5 Å². The highest BCUT2D eigenvalue weighted by molar-refractivity contribution is 9.10. The van der Waals surface area contributed by atoms with Gasteiger partial charge in [0.2, 0.25) is 15.8 Å². The average Bonchev–Trinajstić information content (AvgIpc) is 2.76. The summed E-state index contributed by atoms with van der Waals surface area (Å²) < 4.78 is 48.7. The van der Waals surface area contributed by atoms with Crippen LogP contribution in [0.1, 0.15) is 5.56 Å². The van der Waals surface area contributed by atoms with Gasteiger partial charge >= 0.3 is 0 Å². The average molecular weight is 589 g/mol. The Kier molecular flexibility index (Phi) is 8.01. The fourth-order valence-electron chi connectivity index (χ4n) is 2.63. The maximum absolute atomic E-state index is 15.0. The molecule has 0 atom stereocenters. The number of nitriles is 1. The predicted molar refractivity (Wildman–Crippen MR) is 127 cm³/mol. The van der Waals surface area contributed by atoms with E-state index in [1.54, 1.807) is 0 Å². The Morgan fingerprint density at radius 2 is 1.91 bits per heavy atom. The van der Waals surface area contributed by atoms with E-state index in [-0.39, 0.29) is 47.9 Å². The monoisotopic (exact) mass is 587 g/mol. The molecule has 0 heterocycles. The van der Waals surface area contributed by atoms with E-state index in [4.69, 9.17) is 43.1 Å². The minimum Gasteiger partial charge on any atom is -0.481 e. The molecule has 0 bridgehead atoms. The van der Waals surface area contributed by atoms with Gasteiger partial charge in [-0.05, 0) is 64.5 Å². The van der Waals surface area contributed by atoms with Gasteiger partial charge in [0.1, 0.15) is 5.75 Å². The summed E-state index contributed by atoms with van der Waals surface area (Å²) in [5, 5.41) is 16.7. The molecule has 0 unspecified atom stereocenters. The van der Waals surface area contributed by atoms with Crippen LogP contribution >= 0.6 is 39.1 Å². The number of amides is 1. The molecule has 1 amide bonds. The largest absolute Gasteiger partial charge is 0.481 e. The second-order valence-electron chi connectivity index (χ2n) is 6.60.